The molecule has 6 rings (SSSR count). The molecule has 0 saturated heterocycles. The second kappa shape index (κ2) is 5.40. The van der Waals surface area contributed by atoms with E-state index in [1.165, 1.54) is 38.1 Å². The second-order valence-corrected chi connectivity index (χ2v) is 7.40. The Morgan fingerprint density at radius 3 is 2.07 bits per heavy atom. The van der Waals surface area contributed by atoms with Gasteiger partial charge in [0.2, 0.25) is 0 Å². The maximum Gasteiger partial charge on any atom is 0.0781 e. The van der Waals surface area contributed by atoms with E-state index in [1.807, 2.05) is 10.7 Å². The number of nitrogen functional groups attached to an aromatic ring is 1. The van der Waals surface area contributed by atoms with Crippen LogP contribution in [0.5, 0.6) is 0 Å². The molecule has 2 N–H and O–H groups in total. The summed E-state index contributed by atoms with van der Waals surface area (Å²) in [6.45, 7) is 0. The molecule has 0 saturated carbocycles. The molecule has 0 radical (unpaired) electrons. The van der Waals surface area contributed by atoms with Gasteiger partial charge in [-0.25, -0.2) is 0 Å². The van der Waals surface area contributed by atoms with Gasteiger partial charge in [0.15, 0.2) is 0 Å². The minimum Gasteiger partial charge on any atom is -0.344 e. The molecule has 0 amide bonds. The molecule has 0 aliphatic heterocycles. The zero-order valence-electron chi connectivity index (χ0n) is 15.6. The number of benzene rings is 4. The molecule has 3 heteroatoms. The highest BCUT2D eigenvalue weighted by Gasteiger charge is 2.15. The molecule has 0 unspecified atom stereocenters. The monoisotopic (exact) mass is 361 g/mol. The molecule has 6 aromatic rings. The number of rotatable bonds is 1. The van der Waals surface area contributed by atoms with E-state index in [1.54, 1.807) is 0 Å². The first-order valence-corrected chi connectivity index (χ1v) is 9.49. The third-order valence-electron chi connectivity index (χ3n) is 5.96. The van der Waals surface area contributed by atoms with Crippen LogP contribution >= 0.6 is 0 Å². The molecule has 0 fully saturated rings. The molecule has 0 aliphatic rings. The van der Waals surface area contributed by atoms with Gasteiger partial charge in [0.05, 0.1) is 11.0 Å². The van der Waals surface area contributed by atoms with Gasteiger partial charge in [-0.15, -0.1) is 0 Å². The van der Waals surface area contributed by atoms with Crippen molar-refractivity contribution in [3.8, 4) is 11.1 Å². The second-order valence-electron chi connectivity index (χ2n) is 7.40. The number of hydrogen-bond donors (Lipinski definition) is 1. The lowest BCUT2D eigenvalue weighted by Gasteiger charge is -2.08. The number of fused-ring (bicyclic) bond motifs is 6. The van der Waals surface area contributed by atoms with Crippen LogP contribution in [0.25, 0.3) is 54.7 Å². The molecular formula is C25H19N3. The van der Waals surface area contributed by atoms with Gasteiger partial charge in [-0.1, -0.05) is 66.7 Å². The van der Waals surface area contributed by atoms with E-state index >= 15 is 0 Å². The van der Waals surface area contributed by atoms with Crippen molar-refractivity contribution in [1.82, 2.24) is 9.24 Å². The molecule has 0 aliphatic carbocycles. The maximum absolute atomic E-state index is 6.53. The van der Waals surface area contributed by atoms with Crippen LogP contribution in [0.1, 0.15) is 0 Å². The van der Waals surface area contributed by atoms with Gasteiger partial charge in [0.25, 0.3) is 0 Å². The quantitative estimate of drug-likeness (QED) is 0.368. The van der Waals surface area contributed by atoms with Gasteiger partial charge < -0.3 is 10.4 Å². The minimum atomic E-state index is 1.05. The number of aromatic nitrogens is 2. The van der Waals surface area contributed by atoms with E-state index in [9.17, 15) is 0 Å². The zero-order valence-corrected chi connectivity index (χ0v) is 15.6. The zero-order chi connectivity index (χ0) is 18.8. The first-order chi connectivity index (χ1) is 13.7. The summed E-state index contributed by atoms with van der Waals surface area (Å²) in [5.74, 6) is 6.53. The van der Waals surface area contributed by atoms with E-state index < -0.39 is 0 Å². The highest BCUT2D eigenvalue weighted by molar-refractivity contribution is 6.14. The van der Waals surface area contributed by atoms with Gasteiger partial charge in [-0.2, -0.15) is 0 Å². The first-order valence-electron chi connectivity index (χ1n) is 9.49. The predicted octanol–water partition coefficient (Wildman–Crippen LogP) is 5.82. The maximum atomic E-state index is 6.53. The molecule has 28 heavy (non-hydrogen) atoms. The van der Waals surface area contributed by atoms with Crippen LogP contribution in [0.2, 0.25) is 0 Å². The van der Waals surface area contributed by atoms with Crippen molar-refractivity contribution in [2.75, 3.05) is 5.84 Å². The largest absolute Gasteiger partial charge is 0.344 e. The van der Waals surface area contributed by atoms with Crippen molar-refractivity contribution in [1.29, 1.82) is 0 Å². The third-order valence-corrected chi connectivity index (χ3v) is 5.96. The predicted molar refractivity (Wildman–Crippen MR) is 119 cm³/mol. The highest BCUT2D eigenvalue weighted by atomic mass is 15.3. The Morgan fingerprint density at radius 2 is 1.25 bits per heavy atom. The van der Waals surface area contributed by atoms with Crippen LogP contribution in [0.4, 0.5) is 0 Å². The summed E-state index contributed by atoms with van der Waals surface area (Å²) >= 11 is 0. The van der Waals surface area contributed by atoms with Gasteiger partial charge in [-0.3, -0.25) is 4.68 Å². The number of aryl methyl sites for hydroxylation is 1. The van der Waals surface area contributed by atoms with Crippen molar-refractivity contribution in [3.63, 3.8) is 0 Å². The van der Waals surface area contributed by atoms with Crippen molar-refractivity contribution in [2.24, 2.45) is 7.05 Å². The smallest absolute Gasteiger partial charge is 0.0781 e. The van der Waals surface area contributed by atoms with E-state index in [-0.39, 0.29) is 0 Å². The first kappa shape index (κ1) is 15.3. The Labute approximate surface area is 162 Å². The molecule has 0 atom stereocenters. The van der Waals surface area contributed by atoms with Crippen LogP contribution in [0.3, 0.4) is 0 Å². The molecule has 3 nitrogen and oxygen atoms in total. The van der Waals surface area contributed by atoms with E-state index in [0.29, 0.717) is 0 Å². The molecule has 4 aromatic carbocycles. The normalized spacial score (nSPS) is 11.9. The van der Waals surface area contributed by atoms with Gasteiger partial charge in [0, 0.05) is 45.2 Å². The van der Waals surface area contributed by atoms with E-state index in [4.69, 9.17) is 5.84 Å². The molecule has 2 heterocycles. The van der Waals surface area contributed by atoms with E-state index in [2.05, 4.69) is 90.5 Å². The summed E-state index contributed by atoms with van der Waals surface area (Å²) in [5.41, 5.74) is 6.94. The number of hydrogen-bond acceptors (Lipinski definition) is 1. The van der Waals surface area contributed by atoms with Gasteiger partial charge >= 0.3 is 0 Å². The summed E-state index contributed by atoms with van der Waals surface area (Å²) in [4.78, 5) is 0. The Hall–Kier alpha value is -3.72. The lowest BCUT2D eigenvalue weighted by molar-refractivity contribution is 1.01. The van der Waals surface area contributed by atoms with Crippen LogP contribution in [-0.4, -0.2) is 9.24 Å². The fraction of sp³-hybridized carbons (Fsp3) is 0.0400. The SMILES string of the molecule is Cn1c2ccccc2c2ccc(-c3cccc4c5ccccc5n(N)c34)cc21. The summed E-state index contributed by atoms with van der Waals surface area (Å²) in [5, 5.41) is 4.94. The summed E-state index contributed by atoms with van der Waals surface area (Å²) in [7, 11) is 2.13. The van der Waals surface area contributed by atoms with Crippen LogP contribution in [0, 0.1) is 0 Å². The van der Waals surface area contributed by atoms with Crippen LogP contribution in [0.15, 0.2) is 84.9 Å². The number of para-hydroxylation sites is 3. The minimum absolute atomic E-state index is 1.05. The van der Waals surface area contributed by atoms with Crippen LogP contribution in [-0.2, 0) is 7.05 Å². The molecule has 0 spiro atoms. The van der Waals surface area contributed by atoms with Gasteiger partial charge in [0.1, 0.15) is 0 Å². The summed E-state index contributed by atoms with van der Waals surface area (Å²) < 4.78 is 4.10. The lowest BCUT2D eigenvalue weighted by Crippen LogP contribution is -2.07. The number of nitrogens with two attached hydrogens (primary N) is 1. The third kappa shape index (κ3) is 1.88. The fourth-order valence-corrected chi connectivity index (χ4v) is 4.61. The number of nitrogens with zero attached hydrogens (tertiary/aromatic N) is 2. The average molecular weight is 361 g/mol. The van der Waals surface area contributed by atoms with Crippen molar-refractivity contribution in [2.45, 2.75) is 0 Å². The Morgan fingerprint density at radius 1 is 0.607 bits per heavy atom. The lowest BCUT2D eigenvalue weighted by atomic mass is 10.0. The summed E-state index contributed by atoms with van der Waals surface area (Å²) in [6, 6.07) is 30.0. The summed E-state index contributed by atoms with van der Waals surface area (Å²) in [6.07, 6.45) is 0. The van der Waals surface area contributed by atoms with Crippen molar-refractivity contribution < 1.29 is 0 Å². The fourth-order valence-electron chi connectivity index (χ4n) is 4.61. The Bertz CT molecular complexity index is 1530. The standard InChI is InChI=1S/C25H19N3/c1-27-22-11-4-2-7-18(22)20-14-13-16(15-24(20)27)17-9-6-10-21-19-8-3-5-12-23(19)28(26)25(17)21/h2-15H,26H2,1H3. The molecular weight excluding hydrogens is 342 g/mol. The van der Waals surface area contributed by atoms with Crippen molar-refractivity contribution in [3.05, 3.63) is 84.9 Å². The average Bonchev–Trinajstić information content (AvgIpc) is 3.21. The van der Waals surface area contributed by atoms with E-state index in [0.717, 1.165) is 16.6 Å². The van der Waals surface area contributed by atoms with Crippen LogP contribution < -0.4 is 5.84 Å². The Kier molecular flexibility index (Phi) is 2.96. The molecule has 0 bridgehead atoms. The molecule has 2 aromatic heterocycles. The van der Waals surface area contributed by atoms with Gasteiger partial charge in [-0.05, 0) is 23.8 Å². The Balaban J connectivity index is 1.71. The molecule has 134 valence electrons. The topological polar surface area (TPSA) is 35.9 Å². The highest BCUT2D eigenvalue weighted by Crippen LogP contribution is 2.37. The van der Waals surface area contributed by atoms with Crippen molar-refractivity contribution >= 4 is 43.6 Å².